The Balaban J connectivity index is 2.53. The van der Waals surface area contributed by atoms with Gasteiger partial charge < -0.3 is 14.8 Å². The smallest absolute Gasteiger partial charge is 0.331 e. The number of carbonyl (C=O) groups excluding carboxylic acids is 2. The molecule has 0 spiro atoms. The van der Waals surface area contributed by atoms with Crippen LogP contribution >= 0.6 is 15.9 Å². The van der Waals surface area contributed by atoms with E-state index in [1.807, 2.05) is 0 Å². The minimum Gasteiger partial charge on any atom is -0.449 e. The van der Waals surface area contributed by atoms with Crippen LogP contribution in [-0.4, -0.2) is 38.2 Å². The summed E-state index contributed by atoms with van der Waals surface area (Å²) in [5, 5.41) is 2.55. The molecule has 1 rings (SSSR count). The predicted octanol–water partition coefficient (Wildman–Crippen LogP) is 2.30. The molecule has 1 atom stereocenters. The number of ether oxygens (including phenoxy) is 2. The minimum absolute atomic E-state index is 0.239. The van der Waals surface area contributed by atoms with Crippen LogP contribution in [0.5, 0.6) is 0 Å². The summed E-state index contributed by atoms with van der Waals surface area (Å²) in [4.78, 5) is 23.2. The second kappa shape index (κ2) is 9.32. The van der Waals surface area contributed by atoms with Gasteiger partial charge in [0.15, 0.2) is 6.10 Å². The van der Waals surface area contributed by atoms with E-state index in [0.717, 1.165) is 6.08 Å². The molecule has 0 bridgehead atoms. The van der Waals surface area contributed by atoms with Crippen molar-refractivity contribution in [2.45, 2.75) is 13.0 Å². The first-order valence-electron chi connectivity index (χ1n) is 6.54. The Labute approximate surface area is 136 Å². The maximum atomic E-state index is 13.5. The largest absolute Gasteiger partial charge is 0.449 e. The number of halogens is 2. The van der Waals surface area contributed by atoms with E-state index in [-0.39, 0.29) is 5.56 Å². The van der Waals surface area contributed by atoms with Crippen LogP contribution in [0.15, 0.2) is 28.7 Å². The number of carbonyl (C=O) groups is 2. The minimum atomic E-state index is -0.943. The zero-order chi connectivity index (χ0) is 16.5. The lowest BCUT2D eigenvalue weighted by molar-refractivity contribution is -0.150. The second-order valence-corrected chi connectivity index (χ2v) is 5.28. The summed E-state index contributed by atoms with van der Waals surface area (Å²) in [6.07, 6.45) is 1.42. The molecule has 0 aliphatic heterocycles. The van der Waals surface area contributed by atoms with E-state index in [2.05, 4.69) is 21.2 Å². The van der Waals surface area contributed by atoms with Crippen LogP contribution in [0.4, 0.5) is 4.39 Å². The lowest BCUT2D eigenvalue weighted by Crippen LogP contribution is -2.37. The summed E-state index contributed by atoms with van der Waals surface area (Å²) < 4.78 is 23.9. The van der Waals surface area contributed by atoms with E-state index in [4.69, 9.17) is 9.47 Å². The van der Waals surface area contributed by atoms with Crippen LogP contribution < -0.4 is 5.32 Å². The monoisotopic (exact) mass is 373 g/mol. The fourth-order valence-corrected chi connectivity index (χ4v) is 1.87. The normalized spacial score (nSPS) is 12.2. The van der Waals surface area contributed by atoms with E-state index in [1.165, 1.54) is 32.2 Å². The Morgan fingerprint density at radius 1 is 1.45 bits per heavy atom. The van der Waals surface area contributed by atoms with E-state index in [0.29, 0.717) is 17.6 Å². The molecule has 0 radical (unpaired) electrons. The standard InChI is InChI=1S/C15H17BrFNO4/c1-10(15(20)18-7-8-21-2)22-14(19)6-3-11-9-12(16)4-5-13(11)17/h3-6,9-10H,7-8H2,1-2H3,(H,18,20)/b6-3+/t10-/m0/s1. The number of esters is 1. The van der Waals surface area contributed by atoms with Crippen molar-refractivity contribution in [3.63, 3.8) is 0 Å². The second-order valence-electron chi connectivity index (χ2n) is 4.36. The highest BCUT2D eigenvalue weighted by atomic mass is 79.9. The molecule has 0 saturated carbocycles. The van der Waals surface area contributed by atoms with E-state index < -0.39 is 23.8 Å². The van der Waals surface area contributed by atoms with E-state index in [9.17, 15) is 14.0 Å². The van der Waals surface area contributed by atoms with Gasteiger partial charge in [-0.25, -0.2) is 9.18 Å². The molecule has 7 heteroatoms. The molecule has 1 aromatic rings. The van der Waals surface area contributed by atoms with Gasteiger partial charge in [0.05, 0.1) is 6.61 Å². The van der Waals surface area contributed by atoms with Gasteiger partial charge in [-0.15, -0.1) is 0 Å². The molecular weight excluding hydrogens is 357 g/mol. The molecule has 0 saturated heterocycles. The first-order valence-corrected chi connectivity index (χ1v) is 7.33. The third-order valence-corrected chi connectivity index (χ3v) is 3.12. The number of benzene rings is 1. The van der Waals surface area contributed by atoms with Gasteiger partial charge in [0.1, 0.15) is 5.82 Å². The third-order valence-electron chi connectivity index (χ3n) is 2.62. The van der Waals surface area contributed by atoms with Crippen molar-refractivity contribution < 1.29 is 23.5 Å². The topological polar surface area (TPSA) is 64.6 Å². The average molecular weight is 374 g/mol. The molecule has 1 amide bonds. The highest BCUT2D eigenvalue weighted by Gasteiger charge is 2.15. The first kappa shape index (κ1) is 18.3. The molecule has 0 aliphatic rings. The SMILES string of the molecule is COCCNC(=O)[C@H](C)OC(=O)/C=C/c1cc(Br)ccc1F. The molecule has 5 nitrogen and oxygen atoms in total. The summed E-state index contributed by atoms with van der Waals surface area (Å²) in [7, 11) is 1.52. The van der Waals surface area contributed by atoms with Crippen LogP contribution in [-0.2, 0) is 19.1 Å². The molecule has 1 N–H and O–H groups in total. The molecule has 120 valence electrons. The Hall–Kier alpha value is -1.73. The van der Waals surface area contributed by atoms with Crippen LogP contribution in [0.3, 0.4) is 0 Å². The van der Waals surface area contributed by atoms with E-state index >= 15 is 0 Å². The Kier molecular flexibility index (Phi) is 7.76. The molecule has 0 unspecified atom stereocenters. The van der Waals surface area contributed by atoms with Gasteiger partial charge in [0.25, 0.3) is 5.91 Å². The van der Waals surface area contributed by atoms with Gasteiger partial charge in [0.2, 0.25) is 0 Å². The fraction of sp³-hybridized carbons (Fsp3) is 0.333. The van der Waals surface area contributed by atoms with Gasteiger partial charge in [-0.05, 0) is 31.2 Å². The Morgan fingerprint density at radius 3 is 2.86 bits per heavy atom. The summed E-state index contributed by atoms with van der Waals surface area (Å²) in [6, 6.07) is 4.36. The quantitative estimate of drug-likeness (QED) is 0.452. The first-order chi connectivity index (χ1) is 10.4. The zero-order valence-electron chi connectivity index (χ0n) is 12.3. The maximum Gasteiger partial charge on any atom is 0.331 e. The van der Waals surface area contributed by atoms with Crippen molar-refractivity contribution >= 4 is 33.9 Å². The Bertz CT molecular complexity index is 562. The van der Waals surface area contributed by atoms with E-state index in [1.54, 1.807) is 6.07 Å². The summed E-state index contributed by atoms with van der Waals surface area (Å²) in [6.45, 7) is 2.15. The number of methoxy groups -OCH3 is 1. The summed E-state index contributed by atoms with van der Waals surface area (Å²) in [5.41, 5.74) is 0.239. The maximum absolute atomic E-state index is 13.5. The summed E-state index contributed by atoms with van der Waals surface area (Å²) in [5.74, 6) is -1.61. The van der Waals surface area contributed by atoms with Crippen molar-refractivity contribution in [2.24, 2.45) is 0 Å². The molecule has 22 heavy (non-hydrogen) atoms. The highest BCUT2D eigenvalue weighted by Crippen LogP contribution is 2.16. The number of nitrogens with one attached hydrogen (secondary N) is 1. The van der Waals surface area contributed by atoms with Crippen molar-refractivity contribution in [3.05, 3.63) is 40.1 Å². The number of amides is 1. The zero-order valence-corrected chi connectivity index (χ0v) is 13.9. The molecule has 0 aromatic heterocycles. The number of hydrogen-bond acceptors (Lipinski definition) is 4. The van der Waals surface area contributed by atoms with Crippen molar-refractivity contribution in [3.8, 4) is 0 Å². The highest BCUT2D eigenvalue weighted by molar-refractivity contribution is 9.10. The van der Waals surface area contributed by atoms with Gasteiger partial charge >= 0.3 is 5.97 Å². The van der Waals surface area contributed by atoms with Gasteiger partial charge in [-0.1, -0.05) is 15.9 Å². The third kappa shape index (κ3) is 6.36. The number of rotatable bonds is 7. The molecule has 0 aliphatic carbocycles. The lowest BCUT2D eigenvalue weighted by Gasteiger charge is -2.11. The average Bonchev–Trinajstić information content (AvgIpc) is 2.48. The van der Waals surface area contributed by atoms with Gasteiger partial charge in [0, 0.05) is 29.8 Å². The van der Waals surface area contributed by atoms with Crippen LogP contribution in [0.25, 0.3) is 6.08 Å². The molecule has 1 aromatic carbocycles. The van der Waals surface area contributed by atoms with Crippen LogP contribution in [0.2, 0.25) is 0 Å². The van der Waals surface area contributed by atoms with Gasteiger partial charge in [-0.2, -0.15) is 0 Å². The van der Waals surface area contributed by atoms with Crippen molar-refractivity contribution in [1.82, 2.24) is 5.32 Å². The number of hydrogen-bond donors (Lipinski definition) is 1. The molecule has 0 heterocycles. The van der Waals surface area contributed by atoms with Crippen LogP contribution in [0.1, 0.15) is 12.5 Å². The van der Waals surface area contributed by atoms with Gasteiger partial charge in [-0.3, -0.25) is 4.79 Å². The van der Waals surface area contributed by atoms with Crippen LogP contribution in [0, 0.1) is 5.82 Å². The predicted molar refractivity (Wildman–Crippen MR) is 83.6 cm³/mol. The fourth-order valence-electron chi connectivity index (χ4n) is 1.49. The Morgan fingerprint density at radius 2 is 2.18 bits per heavy atom. The summed E-state index contributed by atoms with van der Waals surface area (Å²) >= 11 is 3.21. The molecular formula is C15H17BrFNO4. The van der Waals surface area contributed by atoms with Crippen molar-refractivity contribution in [2.75, 3.05) is 20.3 Å². The van der Waals surface area contributed by atoms with Crippen molar-refractivity contribution in [1.29, 1.82) is 0 Å². The molecule has 0 fully saturated rings. The lowest BCUT2D eigenvalue weighted by atomic mass is 10.2.